The molecule has 0 spiro atoms. The van der Waals surface area contributed by atoms with E-state index in [2.05, 4.69) is 4.98 Å². The lowest BCUT2D eigenvalue weighted by molar-refractivity contribution is -0.243. The van der Waals surface area contributed by atoms with Gasteiger partial charge in [0, 0.05) is 18.9 Å². The van der Waals surface area contributed by atoms with E-state index in [0.29, 0.717) is 12.5 Å². The molecule has 106 valence electrons. The van der Waals surface area contributed by atoms with Gasteiger partial charge in [-0.2, -0.15) is 0 Å². The molecule has 1 saturated carbocycles. The van der Waals surface area contributed by atoms with Gasteiger partial charge in [-0.3, -0.25) is 0 Å². The van der Waals surface area contributed by atoms with Crippen LogP contribution in [-0.4, -0.2) is 33.6 Å². The van der Waals surface area contributed by atoms with E-state index in [4.69, 9.17) is 9.15 Å². The van der Waals surface area contributed by atoms with Gasteiger partial charge in [-0.1, -0.05) is 0 Å². The molecule has 1 atom stereocenters. The first-order chi connectivity index (χ1) is 8.92. The van der Waals surface area contributed by atoms with Crippen molar-refractivity contribution in [2.75, 3.05) is 6.54 Å². The Balaban J connectivity index is 1.67. The second kappa shape index (κ2) is 4.58. The molecule has 0 saturated heterocycles. The number of nitrogens with zero attached hydrogens (tertiary/aromatic N) is 2. The summed E-state index contributed by atoms with van der Waals surface area (Å²) in [6, 6.07) is 0. The number of oxazole rings is 1. The molecule has 0 aromatic carbocycles. The fourth-order valence-corrected chi connectivity index (χ4v) is 2.32. The van der Waals surface area contributed by atoms with Gasteiger partial charge in [0.15, 0.2) is 5.89 Å². The molecule has 0 radical (unpaired) electrons. The molecule has 1 fully saturated rings. The number of fused-ring (bicyclic) bond motifs is 1. The van der Waals surface area contributed by atoms with Crippen molar-refractivity contribution in [3.05, 3.63) is 17.3 Å². The number of hydrogen-bond donors (Lipinski definition) is 1. The molecule has 3 rings (SSSR count). The molecule has 5 heteroatoms. The minimum atomic E-state index is -0.886. The number of aliphatic hydroxyl groups excluding tert-OH is 1. The van der Waals surface area contributed by atoms with Crippen LogP contribution in [0.25, 0.3) is 0 Å². The second-order valence-electron chi connectivity index (χ2n) is 6.47. The van der Waals surface area contributed by atoms with Crippen LogP contribution in [0, 0.1) is 0 Å². The summed E-state index contributed by atoms with van der Waals surface area (Å²) in [7, 11) is 0. The van der Waals surface area contributed by atoms with Crippen molar-refractivity contribution in [1.82, 2.24) is 9.88 Å². The van der Waals surface area contributed by atoms with Crippen LogP contribution < -0.4 is 0 Å². The van der Waals surface area contributed by atoms with Crippen molar-refractivity contribution < 1.29 is 14.3 Å². The summed E-state index contributed by atoms with van der Waals surface area (Å²) in [4.78, 5) is 6.45. The third kappa shape index (κ3) is 2.99. The van der Waals surface area contributed by atoms with Crippen molar-refractivity contribution in [2.45, 2.75) is 64.5 Å². The van der Waals surface area contributed by atoms with Gasteiger partial charge in [-0.25, -0.2) is 9.88 Å². The quantitative estimate of drug-likeness (QED) is 0.848. The van der Waals surface area contributed by atoms with Gasteiger partial charge in [0.05, 0.1) is 17.8 Å². The Kier molecular flexibility index (Phi) is 3.15. The van der Waals surface area contributed by atoms with Crippen molar-refractivity contribution in [1.29, 1.82) is 0 Å². The molecule has 1 N–H and O–H groups in total. The maximum Gasteiger partial charge on any atom is 0.217 e. The van der Waals surface area contributed by atoms with Crippen LogP contribution in [0.4, 0.5) is 0 Å². The first-order valence-corrected chi connectivity index (χ1v) is 7.01. The van der Waals surface area contributed by atoms with Gasteiger partial charge in [0.1, 0.15) is 5.76 Å². The summed E-state index contributed by atoms with van der Waals surface area (Å²) in [5.74, 6) is 2.32. The Morgan fingerprint density at radius 1 is 1.42 bits per heavy atom. The van der Waals surface area contributed by atoms with Crippen molar-refractivity contribution >= 4 is 0 Å². The molecule has 1 unspecified atom stereocenters. The highest BCUT2D eigenvalue weighted by Crippen LogP contribution is 2.40. The van der Waals surface area contributed by atoms with Crippen LogP contribution in [-0.2, 0) is 17.7 Å². The largest absolute Gasteiger partial charge is 0.444 e. The zero-order valence-electron chi connectivity index (χ0n) is 11.8. The van der Waals surface area contributed by atoms with Crippen LogP contribution in [0.15, 0.2) is 4.42 Å². The van der Waals surface area contributed by atoms with E-state index < -0.39 is 6.41 Å². The maximum atomic E-state index is 10.1. The maximum absolute atomic E-state index is 10.1. The van der Waals surface area contributed by atoms with Crippen LogP contribution >= 0.6 is 0 Å². The zero-order valence-corrected chi connectivity index (χ0v) is 11.8. The Hall–Kier alpha value is -0.910. The Bertz CT molecular complexity index is 460. The first kappa shape index (κ1) is 13.1. The molecule has 0 bridgehead atoms. The molecule has 2 aliphatic rings. The lowest BCUT2D eigenvalue weighted by atomic mass is 10.1. The second-order valence-corrected chi connectivity index (χ2v) is 6.47. The summed E-state index contributed by atoms with van der Waals surface area (Å²) in [6.07, 6.45) is 2.32. The summed E-state index contributed by atoms with van der Waals surface area (Å²) >= 11 is 0. The topological polar surface area (TPSA) is 58.7 Å². The Morgan fingerprint density at radius 2 is 2.16 bits per heavy atom. The standard InChI is InChI=1S/C14H22N2O3/c1-14(2,3)19-13(17)16-7-6-10-11(8-16)18-12(15-10)9-4-5-9/h9,13,17H,4-8H2,1-3H3. The lowest BCUT2D eigenvalue weighted by Gasteiger charge is -2.33. The Labute approximate surface area is 113 Å². The van der Waals surface area contributed by atoms with E-state index in [1.54, 1.807) is 0 Å². The molecular weight excluding hydrogens is 244 g/mol. The number of rotatable bonds is 3. The predicted octanol–water partition coefficient (Wildman–Crippen LogP) is 2.00. The average Bonchev–Trinajstić information content (AvgIpc) is 3.06. The van der Waals surface area contributed by atoms with E-state index in [1.807, 2.05) is 25.7 Å². The van der Waals surface area contributed by atoms with Crippen LogP contribution in [0.5, 0.6) is 0 Å². The SMILES string of the molecule is CC(C)(C)OC(O)N1CCc2nc(C3CC3)oc2C1. The van der Waals surface area contributed by atoms with Crippen molar-refractivity contribution in [3.8, 4) is 0 Å². The number of aliphatic hydroxyl groups is 1. The van der Waals surface area contributed by atoms with Crippen LogP contribution in [0.1, 0.15) is 56.9 Å². The number of aromatic nitrogens is 1. The highest BCUT2D eigenvalue weighted by atomic mass is 16.6. The van der Waals surface area contributed by atoms with E-state index in [-0.39, 0.29) is 5.60 Å². The normalized spacial score (nSPS) is 22.3. The van der Waals surface area contributed by atoms with Gasteiger partial charge in [0.25, 0.3) is 0 Å². The van der Waals surface area contributed by atoms with Gasteiger partial charge < -0.3 is 14.3 Å². The molecule has 19 heavy (non-hydrogen) atoms. The zero-order chi connectivity index (χ0) is 13.6. The van der Waals surface area contributed by atoms with Crippen LogP contribution in [0.3, 0.4) is 0 Å². The first-order valence-electron chi connectivity index (χ1n) is 7.01. The average molecular weight is 266 g/mol. The van der Waals surface area contributed by atoms with Crippen LogP contribution in [0.2, 0.25) is 0 Å². The molecule has 1 aromatic heterocycles. The van der Waals surface area contributed by atoms with E-state index >= 15 is 0 Å². The van der Waals surface area contributed by atoms with E-state index in [9.17, 15) is 5.11 Å². The highest BCUT2D eigenvalue weighted by molar-refractivity contribution is 5.16. The number of ether oxygens (including phenoxy) is 1. The van der Waals surface area contributed by atoms with Gasteiger partial charge in [0.2, 0.25) is 6.41 Å². The fraction of sp³-hybridized carbons (Fsp3) is 0.786. The minimum Gasteiger partial charge on any atom is -0.444 e. The molecule has 5 nitrogen and oxygen atoms in total. The van der Waals surface area contributed by atoms with Gasteiger partial charge >= 0.3 is 0 Å². The summed E-state index contributed by atoms with van der Waals surface area (Å²) in [6.45, 7) is 7.13. The molecule has 0 amide bonds. The third-order valence-electron chi connectivity index (χ3n) is 3.48. The monoisotopic (exact) mass is 266 g/mol. The summed E-state index contributed by atoms with van der Waals surface area (Å²) < 4.78 is 11.4. The molecule has 1 aliphatic heterocycles. The predicted molar refractivity (Wildman–Crippen MR) is 69.4 cm³/mol. The lowest BCUT2D eigenvalue weighted by Crippen LogP contribution is -2.44. The molecule has 1 aromatic rings. The van der Waals surface area contributed by atoms with Crippen molar-refractivity contribution in [2.24, 2.45) is 0 Å². The smallest absolute Gasteiger partial charge is 0.217 e. The molecule has 2 heterocycles. The number of hydrogen-bond acceptors (Lipinski definition) is 5. The molecule has 1 aliphatic carbocycles. The van der Waals surface area contributed by atoms with E-state index in [0.717, 1.165) is 30.3 Å². The fourth-order valence-electron chi connectivity index (χ4n) is 2.32. The summed E-state index contributed by atoms with van der Waals surface area (Å²) in [5, 5.41) is 10.1. The summed E-state index contributed by atoms with van der Waals surface area (Å²) in [5.41, 5.74) is 0.696. The van der Waals surface area contributed by atoms with E-state index in [1.165, 1.54) is 12.8 Å². The van der Waals surface area contributed by atoms with Gasteiger partial charge in [-0.15, -0.1) is 0 Å². The van der Waals surface area contributed by atoms with Gasteiger partial charge in [-0.05, 0) is 33.6 Å². The Morgan fingerprint density at radius 3 is 2.79 bits per heavy atom. The highest BCUT2D eigenvalue weighted by Gasteiger charge is 2.33. The third-order valence-corrected chi connectivity index (χ3v) is 3.48. The minimum absolute atomic E-state index is 0.361. The molecular formula is C14H22N2O3. The van der Waals surface area contributed by atoms with Crippen molar-refractivity contribution in [3.63, 3.8) is 0 Å².